The number of nitrogens with zero attached hydrogens (tertiary/aromatic N) is 3. The van der Waals surface area contributed by atoms with Crippen molar-refractivity contribution in [3.05, 3.63) is 91.5 Å². The Kier molecular flexibility index (Phi) is 6.60. The molecular weight excluding hydrogens is 505 g/mol. The summed E-state index contributed by atoms with van der Waals surface area (Å²) < 4.78 is 1.44. The van der Waals surface area contributed by atoms with E-state index in [1.54, 1.807) is 54.8 Å². The van der Waals surface area contributed by atoms with Crippen molar-refractivity contribution in [2.75, 3.05) is 5.32 Å². The highest BCUT2D eigenvalue weighted by Gasteiger charge is 2.27. The first-order valence-electron chi connectivity index (χ1n) is 11.0. The van der Waals surface area contributed by atoms with E-state index in [2.05, 4.69) is 20.7 Å². The lowest BCUT2D eigenvalue weighted by Crippen LogP contribution is -2.27. The summed E-state index contributed by atoms with van der Waals surface area (Å²) in [6, 6.07) is 10.6. The number of thiophene rings is 1. The largest absolute Gasteiger partial charge is 0.349 e. The molecule has 10 heteroatoms. The van der Waals surface area contributed by atoms with Gasteiger partial charge in [0.05, 0.1) is 22.0 Å². The molecule has 5 rings (SSSR count). The highest BCUT2D eigenvalue weighted by Crippen LogP contribution is 2.29. The van der Waals surface area contributed by atoms with E-state index in [-0.39, 0.29) is 17.6 Å². The fourth-order valence-corrected chi connectivity index (χ4v) is 4.87. The zero-order chi connectivity index (χ0) is 24.5. The lowest BCUT2D eigenvalue weighted by molar-refractivity contribution is 0.0952. The van der Waals surface area contributed by atoms with Gasteiger partial charge >= 0.3 is 0 Å². The minimum atomic E-state index is -0.443. The van der Waals surface area contributed by atoms with E-state index < -0.39 is 5.91 Å². The molecule has 0 unspecified atom stereocenters. The zero-order valence-corrected chi connectivity index (χ0v) is 21.0. The molecule has 1 fully saturated rings. The quantitative estimate of drug-likeness (QED) is 0.324. The molecule has 2 N–H and O–H groups in total. The van der Waals surface area contributed by atoms with Crippen LogP contribution in [0.4, 0.5) is 5.69 Å². The first-order chi connectivity index (χ1) is 16.9. The molecule has 4 aromatic rings. The maximum Gasteiger partial charge on any atom is 0.274 e. The number of anilines is 1. The lowest BCUT2D eigenvalue weighted by Gasteiger charge is -2.15. The molecule has 0 spiro atoms. The summed E-state index contributed by atoms with van der Waals surface area (Å²) in [5.41, 5.74) is 3.42. The first kappa shape index (κ1) is 23.5. The van der Waals surface area contributed by atoms with Crippen LogP contribution in [0.3, 0.4) is 0 Å². The average Bonchev–Trinajstić information content (AvgIpc) is 3.31. The summed E-state index contributed by atoms with van der Waals surface area (Å²) in [7, 11) is 0. The van der Waals surface area contributed by atoms with Crippen LogP contribution >= 0.6 is 34.5 Å². The zero-order valence-electron chi connectivity index (χ0n) is 18.7. The Labute approximate surface area is 216 Å². The summed E-state index contributed by atoms with van der Waals surface area (Å²) in [5, 5.41) is 15.3. The van der Waals surface area contributed by atoms with Crippen LogP contribution in [0.2, 0.25) is 10.0 Å². The monoisotopic (exact) mass is 525 g/mol. The molecule has 7 nitrogen and oxygen atoms in total. The molecule has 1 aliphatic rings. The SMILES string of the molecule is Cc1cc(Cl)cc(C(=O)NC2CC2)c1NC(=O)c1cc(Cc2ccsc2)nn1-c1ncccc1Cl. The maximum absolute atomic E-state index is 13.6. The number of carbonyl (C=O) groups excluding carboxylic acids is 2. The predicted molar refractivity (Wildman–Crippen MR) is 138 cm³/mol. The fraction of sp³-hybridized carbons (Fsp3) is 0.200. The third kappa shape index (κ3) is 5.24. The van der Waals surface area contributed by atoms with Crippen LogP contribution in [0.25, 0.3) is 5.82 Å². The fourth-order valence-electron chi connectivity index (χ4n) is 3.73. The molecule has 0 saturated heterocycles. The van der Waals surface area contributed by atoms with E-state index in [9.17, 15) is 9.59 Å². The van der Waals surface area contributed by atoms with Gasteiger partial charge in [0.15, 0.2) is 5.82 Å². The number of hydrogen-bond donors (Lipinski definition) is 2. The molecule has 1 aromatic carbocycles. The molecule has 1 saturated carbocycles. The molecule has 0 bridgehead atoms. The summed E-state index contributed by atoms with van der Waals surface area (Å²) >= 11 is 14.2. The first-order valence-corrected chi connectivity index (χ1v) is 12.7. The van der Waals surface area contributed by atoms with Gasteiger partial charge in [-0.3, -0.25) is 9.59 Å². The van der Waals surface area contributed by atoms with Crippen molar-refractivity contribution in [1.82, 2.24) is 20.1 Å². The maximum atomic E-state index is 13.6. The van der Waals surface area contributed by atoms with Crippen LogP contribution < -0.4 is 10.6 Å². The normalized spacial score (nSPS) is 13.0. The van der Waals surface area contributed by atoms with Gasteiger partial charge in [-0.1, -0.05) is 23.2 Å². The second-order valence-corrected chi connectivity index (χ2v) is 10.0. The molecule has 1 aliphatic carbocycles. The van der Waals surface area contributed by atoms with Gasteiger partial charge in [0.25, 0.3) is 11.8 Å². The second-order valence-electron chi connectivity index (χ2n) is 8.40. The van der Waals surface area contributed by atoms with Crippen LogP contribution in [0.1, 0.15) is 50.5 Å². The molecule has 0 radical (unpaired) electrons. The summed E-state index contributed by atoms with van der Waals surface area (Å²) in [6.45, 7) is 1.80. The Morgan fingerprint density at radius 2 is 2.00 bits per heavy atom. The van der Waals surface area contributed by atoms with E-state index in [4.69, 9.17) is 23.2 Å². The van der Waals surface area contributed by atoms with Gasteiger partial charge in [-0.2, -0.15) is 16.4 Å². The molecule has 3 heterocycles. The topological polar surface area (TPSA) is 88.9 Å². The Hall–Kier alpha value is -3.20. The van der Waals surface area contributed by atoms with Gasteiger partial charge < -0.3 is 10.6 Å². The second kappa shape index (κ2) is 9.81. The molecule has 0 atom stereocenters. The Morgan fingerprint density at radius 3 is 2.71 bits per heavy atom. The number of nitrogens with one attached hydrogen (secondary N) is 2. The van der Waals surface area contributed by atoms with Crippen LogP contribution in [0.5, 0.6) is 0 Å². The van der Waals surface area contributed by atoms with Crippen molar-refractivity contribution >= 4 is 52.0 Å². The number of carbonyl (C=O) groups is 2. The molecule has 3 aromatic heterocycles. The van der Waals surface area contributed by atoms with Crippen LogP contribution in [0.15, 0.2) is 53.4 Å². The number of aryl methyl sites for hydroxylation is 1. The van der Waals surface area contributed by atoms with Crippen LogP contribution in [-0.2, 0) is 6.42 Å². The predicted octanol–water partition coefficient (Wildman–Crippen LogP) is 5.68. The van der Waals surface area contributed by atoms with Gasteiger partial charge in [-0.15, -0.1) is 0 Å². The van der Waals surface area contributed by atoms with E-state index in [0.717, 1.165) is 18.4 Å². The molecule has 0 aliphatic heterocycles. The van der Waals surface area contributed by atoms with E-state index in [0.29, 0.717) is 44.8 Å². The minimum absolute atomic E-state index is 0.165. The third-order valence-electron chi connectivity index (χ3n) is 5.59. The van der Waals surface area contributed by atoms with E-state index >= 15 is 0 Å². The molecule has 178 valence electrons. The summed E-state index contributed by atoms with van der Waals surface area (Å²) in [6.07, 6.45) is 4.04. The highest BCUT2D eigenvalue weighted by atomic mass is 35.5. The Bertz CT molecular complexity index is 1410. The van der Waals surface area contributed by atoms with Crippen molar-refractivity contribution in [1.29, 1.82) is 0 Å². The Balaban J connectivity index is 1.52. The minimum Gasteiger partial charge on any atom is -0.349 e. The number of amides is 2. The van der Waals surface area contributed by atoms with Gasteiger partial charge in [0.2, 0.25) is 0 Å². The van der Waals surface area contributed by atoms with Crippen LogP contribution in [-0.4, -0.2) is 32.6 Å². The average molecular weight is 526 g/mol. The van der Waals surface area contributed by atoms with Gasteiger partial charge in [-0.25, -0.2) is 9.67 Å². The van der Waals surface area contributed by atoms with E-state index in [1.807, 2.05) is 16.8 Å². The van der Waals surface area contributed by atoms with Gasteiger partial charge in [0.1, 0.15) is 5.69 Å². The number of rotatable bonds is 7. The van der Waals surface area contributed by atoms with E-state index in [1.165, 1.54) is 4.68 Å². The number of aromatic nitrogens is 3. The number of pyridine rings is 1. The molecule has 2 amide bonds. The lowest BCUT2D eigenvalue weighted by atomic mass is 10.1. The summed E-state index contributed by atoms with van der Waals surface area (Å²) in [4.78, 5) is 30.8. The standard InChI is InChI=1S/C25H21Cl2N5O2S/c1-14-9-16(26)11-19(24(33)29-17-4-5-17)22(14)30-25(34)21-12-18(10-15-6-8-35-13-15)31-32(21)23-20(27)3-2-7-28-23/h2-3,6-9,11-13,17H,4-5,10H2,1H3,(H,29,33)(H,30,34). The van der Waals surface area contributed by atoms with Crippen molar-refractivity contribution in [2.45, 2.75) is 32.2 Å². The highest BCUT2D eigenvalue weighted by molar-refractivity contribution is 7.07. The van der Waals surface area contributed by atoms with Crippen molar-refractivity contribution < 1.29 is 9.59 Å². The smallest absolute Gasteiger partial charge is 0.274 e. The number of benzene rings is 1. The van der Waals surface area contributed by atoms with Gasteiger partial charge in [0, 0.05) is 23.7 Å². The summed E-state index contributed by atoms with van der Waals surface area (Å²) in [5.74, 6) is -0.370. The van der Waals surface area contributed by atoms with Crippen molar-refractivity contribution in [3.8, 4) is 5.82 Å². The molecular formula is C25H21Cl2N5O2S. The third-order valence-corrected chi connectivity index (χ3v) is 6.84. The molecule has 35 heavy (non-hydrogen) atoms. The Morgan fingerprint density at radius 1 is 1.17 bits per heavy atom. The van der Waals surface area contributed by atoms with Gasteiger partial charge in [-0.05, 0) is 78.1 Å². The van der Waals surface area contributed by atoms with Crippen molar-refractivity contribution in [2.24, 2.45) is 0 Å². The number of halogens is 2. The van der Waals surface area contributed by atoms with Crippen LogP contribution in [0, 0.1) is 6.92 Å². The number of hydrogen-bond acceptors (Lipinski definition) is 5. The van der Waals surface area contributed by atoms with Crippen molar-refractivity contribution in [3.63, 3.8) is 0 Å².